The monoisotopic (exact) mass is 454 g/mol. The summed E-state index contributed by atoms with van der Waals surface area (Å²) in [6, 6.07) is 14.0. The van der Waals surface area contributed by atoms with Crippen molar-refractivity contribution < 1.29 is 4.79 Å². The van der Waals surface area contributed by atoms with Gasteiger partial charge in [0, 0.05) is 35.4 Å². The van der Waals surface area contributed by atoms with E-state index in [-0.39, 0.29) is 11.4 Å². The molecule has 1 aromatic heterocycles. The van der Waals surface area contributed by atoms with Crippen LogP contribution in [0, 0.1) is 0 Å². The number of nitrogens with zero attached hydrogens (tertiary/aromatic N) is 2. The first-order valence-corrected chi connectivity index (χ1v) is 11.4. The fourth-order valence-electron chi connectivity index (χ4n) is 4.40. The molecule has 31 heavy (non-hydrogen) atoms. The fraction of sp³-hybridized carbons (Fsp3) is 0.333. The Kier molecular flexibility index (Phi) is 5.40. The number of aromatic amines is 1. The Morgan fingerprint density at radius 1 is 1.10 bits per heavy atom. The standard InChI is InChI=1S/C24H24Cl2N4O/c25-21-9-4-18(12-22(21)26)24(10-1-11-24)15-30(20-7-8-20)23(31)29-19-5-2-16(3-6-19)17-13-27-28-14-17/h2-6,9,12-14,20H,1,7-8,10-11,15H2,(H,27,28)(H,29,31). The zero-order valence-corrected chi connectivity index (χ0v) is 18.6. The highest BCUT2D eigenvalue weighted by molar-refractivity contribution is 6.42. The van der Waals surface area contributed by atoms with Gasteiger partial charge in [-0.2, -0.15) is 5.10 Å². The minimum Gasteiger partial charge on any atom is -0.321 e. The van der Waals surface area contributed by atoms with Gasteiger partial charge < -0.3 is 10.2 Å². The Balaban J connectivity index is 1.32. The molecule has 5 rings (SSSR count). The van der Waals surface area contributed by atoms with E-state index in [1.807, 2.05) is 47.5 Å². The summed E-state index contributed by atoms with van der Waals surface area (Å²) >= 11 is 12.4. The van der Waals surface area contributed by atoms with Crippen LogP contribution in [-0.4, -0.2) is 33.7 Å². The maximum Gasteiger partial charge on any atom is 0.322 e. The van der Waals surface area contributed by atoms with Gasteiger partial charge in [-0.3, -0.25) is 5.10 Å². The molecule has 7 heteroatoms. The summed E-state index contributed by atoms with van der Waals surface area (Å²) < 4.78 is 0. The quantitative estimate of drug-likeness (QED) is 0.446. The average Bonchev–Trinajstić information content (AvgIpc) is 3.43. The minimum absolute atomic E-state index is 0.0371. The van der Waals surface area contributed by atoms with E-state index in [1.165, 1.54) is 5.56 Å². The first-order chi connectivity index (χ1) is 15.0. The number of hydrogen-bond donors (Lipinski definition) is 2. The Hall–Kier alpha value is -2.50. The zero-order chi connectivity index (χ0) is 21.4. The lowest BCUT2D eigenvalue weighted by Crippen LogP contribution is -2.50. The van der Waals surface area contributed by atoms with E-state index in [9.17, 15) is 4.79 Å². The number of aromatic nitrogens is 2. The third-order valence-electron chi connectivity index (χ3n) is 6.53. The van der Waals surface area contributed by atoms with Crippen LogP contribution in [0.1, 0.15) is 37.7 Å². The van der Waals surface area contributed by atoms with E-state index in [0.717, 1.165) is 48.9 Å². The highest BCUT2D eigenvalue weighted by Gasteiger charge is 2.44. The third-order valence-corrected chi connectivity index (χ3v) is 7.27. The molecule has 0 saturated heterocycles. The predicted molar refractivity (Wildman–Crippen MR) is 125 cm³/mol. The molecule has 5 nitrogen and oxygen atoms in total. The molecule has 2 aliphatic carbocycles. The van der Waals surface area contributed by atoms with E-state index in [0.29, 0.717) is 22.6 Å². The number of H-pyrrole nitrogens is 1. The number of urea groups is 1. The molecule has 2 fully saturated rings. The molecule has 0 unspecified atom stereocenters. The molecule has 0 spiro atoms. The molecule has 2 amide bonds. The van der Waals surface area contributed by atoms with Crippen LogP contribution in [-0.2, 0) is 5.41 Å². The topological polar surface area (TPSA) is 61.0 Å². The summed E-state index contributed by atoms with van der Waals surface area (Å²) in [4.78, 5) is 15.2. The molecule has 2 aromatic carbocycles. The smallest absolute Gasteiger partial charge is 0.321 e. The van der Waals surface area contributed by atoms with Crippen LogP contribution in [0.2, 0.25) is 10.0 Å². The number of anilines is 1. The summed E-state index contributed by atoms with van der Waals surface area (Å²) in [5.74, 6) is 0. The molecule has 2 N–H and O–H groups in total. The van der Waals surface area contributed by atoms with Crippen molar-refractivity contribution in [3.05, 3.63) is 70.5 Å². The number of benzene rings is 2. The highest BCUT2D eigenvalue weighted by Crippen LogP contribution is 2.47. The first kappa shape index (κ1) is 20.4. The molecule has 2 saturated carbocycles. The second kappa shape index (κ2) is 8.21. The van der Waals surface area contributed by atoms with Crippen molar-refractivity contribution in [2.75, 3.05) is 11.9 Å². The lowest BCUT2D eigenvalue weighted by Gasteiger charge is -2.46. The van der Waals surface area contributed by atoms with E-state index in [4.69, 9.17) is 23.2 Å². The van der Waals surface area contributed by atoms with Crippen LogP contribution in [0.3, 0.4) is 0 Å². The third kappa shape index (κ3) is 4.17. The van der Waals surface area contributed by atoms with Crippen molar-refractivity contribution in [3.8, 4) is 11.1 Å². The molecule has 3 aromatic rings. The number of carbonyl (C=O) groups is 1. The highest BCUT2D eigenvalue weighted by atomic mass is 35.5. The minimum atomic E-state index is -0.0424. The molecule has 0 atom stereocenters. The summed E-state index contributed by atoms with van der Waals surface area (Å²) in [6.45, 7) is 0.703. The van der Waals surface area contributed by atoms with Gasteiger partial charge in [0.1, 0.15) is 0 Å². The maximum atomic E-state index is 13.2. The molecule has 0 bridgehead atoms. The lowest BCUT2D eigenvalue weighted by molar-refractivity contribution is 0.148. The van der Waals surface area contributed by atoms with Crippen LogP contribution in [0.5, 0.6) is 0 Å². The number of rotatable bonds is 6. The number of nitrogens with one attached hydrogen (secondary N) is 2. The number of carbonyl (C=O) groups excluding carboxylic acids is 1. The van der Waals surface area contributed by atoms with Crippen molar-refractivity contribution in [2.45, 2.75) is 43.6 Å². The normalized spacial score (nSPS) is 17.1. The van der Waals surface area contributed by atoms with Gasteiger partial charge in [-0.15, -0.1) is 0 Å². The number of halogens is 2. The average molecular weight is 455 g/mol. The second-order valence-electron chi connectivity index (χ2n) is 8.62. The second-order valence-corrected chi connectivity index (χ2v) is 9.43. The molecular formula is C24H24Cl2N4O. The molecule has 0 radical (unpaired) electrons. The van der Waals surface area contributed by atoms with Crippen molar-refractivity contribution in [3.63, 3.8) is 0 Å². The van der Waals surface area contributed by atoms with Gasteiger partial charge in [0.25, 0.3) is 0 Å². The zero-order valence-electron chi connectivity index (χ0n) is 17.1. The van der Waals surface area contributed by atoms with Gasteiger partial charge in [0.05, 0.1) is 16.2 Å². The maximum absolute atomic E-state index is 13.2. The summed E-state index contributed by atoms with van der Waals surface area (Å²) in [7, 11) is 0. The van der Waals surface area contributed by atoms with Crippen LogP contribution in [0.15, 0.2) is 54.9 Å². The van der Waals surface area contributed by atoms with Crippen molar-refractivity contribution in [1.82, 2.24) is 15.1 Å². The van der Waals surface area contributed by atoms with Gasteiger partial charge in [0.2, 0.25) is 0 Å². The van der Waals surface area contributed by atoms with Crippen molar-refractivity contribution in [2.24, 2.45) is 0 Å². The predicted octanol–water partition coefficient (Wildman–Crippen LogP) is 6.50. The molecule has 0 aliphatic heterocycles. The number of amides is 2. The van der Waals surface area contributed by atoms with Gasteiger partial charge in [-0.05, 0) is 61.1 Å². The summed E-state index contributed by atoms with van der Waals surface area (Å²) in [6.07, 6.45) is 9.03. The lowest BCUT2D eigenvalue weighted by atomic mass is 9.64. The van der Waals surface area contributed by atoms with Crippen LogP contribution >= 0.6 is 23.2 Å². The van der Waals surface area contributed by atoms with E-state index >= 15 is 0 Å². The van der Waals surface area contributed by atoms with Crippen LogP contribution in [0.4, 0.5) is 10.5 Å². The summed E-state index contributed by atoms with van der Waals surface area (Å²) in [5.41, 5.74) is 4.00. The van der Waals surface area contributed by atoms with Crippen molar-refractivity contribution >= 4 is 34.9 Å². The van der Waals surface area contributed by atoms with Gasteiger partial charge in [-0.1, -0.05) is 47.8 Å². The SMILES string of the molecule is O=C(Nc1ccc(-c2cn[nH]c2)cc1)N(CC1(c2ccc(Cl)c(Cl)c2)CCC1)C1CC1. The van der Waals surface area contributed by atoms with Crippen LogP contribution < -0.4 is 5.32 Å². The molecular weight excluding hydrogens is 431 g/mol. The Morgan fingerprint density at radius 2 is 1.87 bits per heavy atom. The first-order valence-electron chi connectivity index (χ1n) is 10.7. The van der Waals surface area contributed by atoms with E-state index in [2.05, 4.69) is 21.6 Å². The fourth-order valence-corrected chi connectivity index (χ4v) is 4.69. The Morgan fingerprint density at radius 3 is 2.45 bits per heavy atom. The molecule has 160 valence electrons. The van der Waals surface area contributed by atoms with Gasteiger partial charge >= 0.3 is 6.03 Å². The summed E-state index contributed by atoms with van der Waals surface area (Å²) in [5, 5.41) is 11.0. The largest absolute Gasteiger partial charge is 0.322 e. The number of hydrogen-bond acceptors (Lipinski definition) is 2. The molecule has 2 aliphatic rings. The van der Waals surface area contributed by atoms with Crippen LogP contribution in [0.25, 0.3) is 11.1 Å². The Labute approximate surface area is 191 Å². The van der Waals surface area contributed by atoms with E-state index < -0.39 is 0 Å². The molecule has 1 heterocycles. The van der Waals surface area contributed by atoms with Crippen molar-refractivity contribution in [1.29, 1.82) is 0 Å². The Bertz CT molecular complexity index is 1070. The van der Waals surface area contributed by atoms with E-state index in [1.54, 1.807) is 6.20 Å². The van der Waals surface area contributed by atoms with Gasteiger partial charge in [-0.25, -0.2) is 4.79 Å². The van der Waals surface area contributed by atoms with Gasteiger partial charge in [0.15, 0.2) is 0 Å².